The van der Waals surface area contributed by atoms with Gasteiger partial charge in [-0.1, -0.05) is 20.8 Å². The second-order valence-electron chi connectivity index (χ2n) is 8.95. The third-order valence-corrected chi connectivity index (χ3v) is 5.17. The molecule has 24 heavy (non-hydrogen) atoms. The van der Waals surface area contributed by atoms with Gasteiger partial charge >= 0.3 is 5.69 Å². The van der Waals surface area contributed by atoms with Crippen LogP contribution in [0.1, 0.15) is 45.7 Å². The number of nitrogens with one attached hydrogen (secondary N) is 2. The van der Waals surface area contributed by atoms with E-state index in [-0.39, 0.29) is 5.56 Å². The summed E-state index contributed by atoms with van der Waals surface area (Å²) in [7, 11) is 0. The molecule has 0 saturated carbocycles. The molecule has 1 spiro atoms. The fourth-order valence-corrected chi connectivity index (χ4v) is 4.46. The molecule has 1 atom stereocenters. The maximum Gasteiger partial charge on any atom is 0.325 e. The highest BCUT2D eigenvalue weighted by Crippen LogP contribution is 2.39. The van der Waals surface area contributed by atoms with Gasteiger partial charge in [-0.05, 0) is 43.2 Å². The zero-order valence-corrected chi connectivity index (χ0v) is 15.2. The standard InChI is InChI=1S/C18H30N4O2/c1-17(2,3)11-22-7-4-5-18(13-22)6-8-21(12-18)10-14-9-15(23)20-16(24)19-14/h9H,4-8,10-13H2,1-3H3,(H2,19,20,23,24). The Morgan fingerprint density at radius 3 is 2.54 bits per heavy atom. The summed E-state index contributed by atoms with van der Waals surface area (Å²) in [6.07, 6.45) is 3.77. The van der Waals surface area contributed by atoms with E-state index in [0.29, 0.717) is 23.1 Å². The van der Waals surface area contributed by atoms with Crippen molar-refractivity contribution in [3.63, 3.8) is 0 Å². The summed E-state index contributed by atoms with van der Waals surface area (Å²) in [6, 6.07) is 1.50. The van der Waals surface area contributed by atoms with E-state index in [2.05, 4.69) is 40.5 Å². The molecule has 0 aromatic carbocycles. The summed E-state index contributed by atoms with van der Waals surface area (Å²) in [5.41, 5.74) is 0.687. The zero-order chi connectivity index (χ0) is 17.4. The molecule has 2 saturated heterocycles. The second kappa shape index (κ2) is 6.48. The first-order valence-corrected chi connectivity index (χ1v) is 9.00. The lowest BCUT2D eigenvalue weighted by molar-refractivity contribution is 0.0671. The van der Waals surface area contributed by atoms with Crippen LogP contribution in [0.4, 0.5) is 0 Å². The predicted octanol–water partition coefficient (Wildman–Crippen LogP) is 1.40. The first-order chi connectivity index (χ1) is 11.2. The maximum absolute atomic E-state index is 11.5. The molecule has 0 radical (unpaired) electrons. The van der Waals surface area contributed by atoms with Crippen molar-refractivity contribution in [3.8, 4) is 0 Å². The van der Waals surface area contributed by atoms with Gasteiger partial charge in [0.1, 0.15) is 0 Å². The minimum Gasteiger partial charge on any atom is -0.310 e. The molecule has 1 aromatic heterocycles. The van der Waals surface area contributed by atoms with Gasteiger partial charge in [0.05, 0.1) is 0 Å². The maximum atomic E-state index is 11.5. The fourth-order valence-electron chi connectivity index (χ4n) is 4.46. The van der Waals surface area contributed by atoms with Crippen LogP contribution in [0.5, 0.6) is 0 Å². The van der Waals surface area contributed by atoms with Crippen LogP contribution in [0.25, 0.3) is 0 Å². The smallest absolute Gasteiger partial charge is 0.310 e. The third kappa shape index (κ3) is 4.36. The molecule has 2 aliphatic heterocycles. The van der Waals surface area contributed by atoms with Crippen LogP contribution < -0.4 is 11.2 Å². The van der Waals surface area contributed by atoms with Crippen molar-refractivity contribution in [2.24, 2.45) is 10.8 Å². The number of H-pyrrole nitrogens is 2. The highest BCUT2D eigenvalue weighted by Gasteiger charge is 2.41. The van der Waals surface area contributed by atoms with E-state index in [9.17, 15) is 9.59 Å². The molecule has 6 nitrogen and oxygen atoms in total. The quantitative estimate of drug-likeness (QED) is 0.876. The number of piperidine rings is 1. The molecule has 2 N–H and O–H groups in total. The van der Waals surface area contributed by atoms with E-state index in [1.54, 1.807) is 0 Å². The van der Waals surface area contributed by atoms with Crippen LogP contribution in [-0.2, 0) is 6.54 Å². The summed E-state index contributed by atoms with van der Waals surface area (Å²) in [5.74, 6) is 0. The number of likely N-dealkylation sites (tertiary alicyclic amines) is 2. The Morgan fingerprint density at radius 1 is 1.08 bits per heavy atom. The van der Waals surface area contributed by atoms with Gasteiger partial charge in [0.15, 0.2) is 0 Å². The van der Waals surface area contributed by atoms with E-state index < -0.39 is 5.69 Å². The van der Waals surface area contributed by atoms with E-state index in [4.69, 9.17) is 0 Å². The van der Waals surface area contributed by atoms with Crippen molar-refractivity contribution in [1.82, 2.24) is 19.8 Å². The Balaban J connectivity index is 1.63. The monoisotopic (exact) mass is 334 g/mol. The Bertz CT molecular complexity index is 659. The van der Waals surface area contributed by atoms with Gasteiger partial charge < -0.3 is 9.88 Å². The van der Waals surface area contributed by atoms with Crippen LogP contribution in [0.2, 0.25) is 0 Å². The molecule has 3 heterocycles. The average Bonchev–Trinajstić information content (AvgIpc) is 2.78. The molecular formula is C18H30N4O2. The summed E-state index contributed by atoms with van der Waals surface area (Å²) < 4.78 is 0. The normalized spacial score (nSPS) is 26.3. The molecule has 2 aliphatic rings. The van der Waals surface area contributed by atoms with E-state index in [0.717, 1.165) is 19.6 Å². The van der Waals surface area contributed by atoms with E-state index in [1.807, 2.05) is 0 Å². The molecule has 134 valence electrons. The number of hydrogen-bond donors (Lipinski definition) is 2. The molecule has 3 rings (SSSR count). The van der Waals surface area contributed by atoms with Crippen molar-refractivity contribution < 1.29 is 0 Å². The lowest BCUT2D eigenvalue weighted by atomic mass is 9.78. The summed E-state index contributed by atoms with van der Waals surface area (Å²) >= 11 is 0. The minimum absolute atomic E-state index is 0.323. The number of aromatic nitrogens is 2. The molecular weight excluding hydrogens is 304 g/mol. The van der Waals surface area contributed by atoms with E-state index in [1.165, 1.54) is 38.4 Å². The van der Waals surface area contributed by atoms with Crippen molar-refractivity contribution >= 4 is 0 Å². The fraction of sp³-hybridized carbons (Fsp3) is 0.778. The molecule has 0 aliphatic carbocycles. The number of hydrogen-bond acceptors (Lipinski definition) is 4. The summed E-state index contributed by atoms with van der Waals surface area (Å²) in [4.78, 5) is 32.9. The van der Waals surface area contributed by atoms with Crippen LogP contribution >= 0.6 is 0 Å². The first kappa shape index (κ1) is 17.4. The van der Waals surface area contributed by atoms with Gasteiger partial charge in [0, 0.05) is 37.9 Å². The SMILES string of the molecule is CC(C)(C)CN1CCCC2(CCN(Cc3cc(=O)[nH]c(=O)[nH]3)C2)C1. The number of aromatic amines is 2. The van der Waals surface area contributed by atoms with Crippen LogP contribution in [0.15, 0.2) is 15.7 Å². The Hall–Kier alpha value is -1.40. The molecule has 1 aromatic rings. The van der Waals surface area contributed by atoms with Crippen LogP contribution in [0, 0.1) is 10.8 Å². The van der Waals surface area contributed by atoms with Crippen LogP contribution in [-0.4, -0.2) is 52.5 Å². The van der Waals surface area contributed by atoms with Gasteiger partial charge in [-0.15, -0.1) is 0 Å². The van der Waals surface area contributed by atoms with Gasteiger partial charge in [-0.3, -0.25) is 14.7 Å². The van der Waals surface area contributed by atoms with Crippen molar-refractivity contribution in [2.75, 3.05) is 32.7 Å². The molecule has 1 unspecified atom stereocenters. The van der Waals surface area contributed by atoms with Gasteiger partial charge in [0.25, 0.3) is 5.56 Å². The largest absolute Gasteiger partial charge is 0.325 e. The molecule has 2 fully saturated rings. The first-order valence-electron chi connectivity index (χ1n) is 9.00. The second-order valence-corrected chi connectivity index (χ2v) is 8.95. The van der Waals surface area contributed by atoms with Crippen LogP contribution in [0.3, 0.4) is 0 Å². The van der Waals surface area contributed by atoms with Crippen molar-refractivity contribution in [3.05, 3.63) is 32.6 Å². The summed E-state index contributed by atoms with van der Waals surface area (Å²) in [5, 5.41) is 0. The lowest BCUT2D eigenvalue weighted by Crippen LogP contribution is -2.47. The van der Waals surface area contributed by atoms with Gasteiger partial charge in [-0.2, -0.15) is 0 Å². The predicted molar refractivity (Wildman–Crippen MR) is 95.1 cm³/mol. The zero-order valence-electron chi connectivity index (χ0n) is 15.2. The highest BCUT2D eigenvalue weighted by atomic mass is 16.2. The topological polar surface area (TPSA) is 72.2 Å². The average molecular weight is 334 g/mol. The molecule has 0 bridgehead atoms. The Labute approximate surface area is 143 Å². The number of nitrogens with zero attached hydrogens (tertiary/aromatic N) is 2. The third-order valence-electron chi connectivity index (χ3n) is 5.17. The van der Waals surface area contributed by atoms with Gasteiger partial charge in [0.2, 0.25) is 0 Å². The van der Waals surface area contributed by atoms with Crippen molar-refractivity contribution in [1.29, 1.82) is 0 Å². The van der Waals surface area contributed by atoms with E-state index >= 15 is 0 Å². The summed E-state index contributed by atoms with van der Waals surface area (Å²) in [6.45, 7) is 13.2. The molecule has 0 amide bonds. The van der Waals surface area contributed by atoms with Gasteiger partial charge in [-0.25, -0.2) is 4.79 Å². The lowest BCUT2D eigenvalue weighted by Gasteiger charge is -2.42. The highest BCUT2D eigenvalue weighted by molar-refractivity contribution is 5.02. The Kier molecular flexibility index (Phi) is 4.71. The minimum atomic E-state index is -0.416. The number of rotatable bonds is 3. The van der Waals surface area contributed by atoms with Crippen molar-refractivity contribution in [2.45, 2.75) is 46.6 Å². The molecule has 6 heteroatoms. The Morgan fingerprint density at radius 2 is 1.83 bits per heavy atom.